The summed E-state index contributed by atoms with van der Waals surface area (Å²) >= 11 is 2.75. The number of benzene rings is 2. The van der Waals surface area contributed by atoms with Gasteiger partial charge in [0.05, 0.1) is 30.0 Å². The highest BCUT2D eigenvalue weighted by Crippen LogP contribution is 2.34. The molecule has 4 aromatic rings. The second kappa shape index (κ2) is 10.6. The maximum Gasteiger partial charge on any atom is 0.338 e. The molecule has 1 atom stereocenters. The number of thiazole rings is 1. The van der Waals surface area contributed by atoms with Crippen molar-refractivity contribution in [3.8, 4) is 11.5 Å². The Balaban J connectivity index is 1.60. The van der Waals surface area contributed by atoms with Gasteiger partial charge in [-0.15, -0.1) is 11.3 Å². The molecule has 0 N–H and O–H groups in total. The van der Waals surface area contributed by atoms with Gasteiger partial charge in [0.25, 0.3) is 5.56 Å². The smallest absolute Gasteiger partial charge is 0.338 e. The van der Waals surface area contributed by atoms with Crippen LogP contribution in [0.2, 0.25) is 0 Å². The van der Waals surface area contributed by atoms with Crippen LogP contribution in [0.1, 0.15) is 29.0 Å². The summed E-state index contributed by atoms with van der Waals surface area (Å²) in [5.41, 5.74) is 2.23. The normalized spacial score (nSPS) is 15.2. The molecule has 0 saturated carbocycles. The van der Waals surface area contributed by atoms with E-state index in [0.29, 0.717) is 37.7 Å². The van der Waals surface area contributed by atoms with Crippen LogP contribution in [0.5, 0.6) is 11.5 Å². The van der Waals surface area contributed by atoms with Crippen LogP contribution in [-0.4, -0.2) is 24.8 Å². The molecule has 0 spiro atoms. The van der Waals surface area contributed by atoms with Gasteiger partial charge < -0.3 is 14.2 Å². The first kappa shape index (κ1) is 24.7. The molecular formula is C28H24N2O5S2. The monoisotopic (exact) mass is 532 g/mol. The standard InChI is InChI=1S/C28H24N2O5S2/c1-17-23(27(32)35-16-18-9-5-4-6-10-18)24(21-13-8-14-36-21)30-26(31)22(37-28(30)29-17)15-19-11-7-12-20(33-2)25(19)34-3/h4-15,24H,16H2,1-3H3/b22-15+/t24-/m0/s1. The molecule has 2 aromatic heterocycles. The zero-order chi connectivity index (χ0) is 25.9. The van der Waals surface area contributed by atoms with Crippen molar-refractivity contribution in [1.82, 2.24) is 4.57 Å². The predicted molar refractivity (Wildman–Crippen MR) is 144 cm³/mol. The minimum absolute atomic E-state index is 0.133. The average molecular weight is 533 g/mol. The number of fused-ring (bicyclic) bond motifs is 1. The van der Waals surface area contributed by atoms with Gasteiger partial charge >= 0.3 is 5.97 Å². The number of carbonyl (C=O) groups is 1. The summed E-state index contributed by atoms with van der Waals surface area (Å²) in [7, 11) is 3.13. The third kappa shape index (κ3) is 4.75. The van der Waals surface area contributed by atoms with Gasteiger partial charge in [-0.3, -0.25) is 9.36 Å². The zero-order valence-electron chi connectivity index (χ0n) is 20.5. The third-order valence-corrected chi connectivity index (χ3v) is 7.89. The molecule has 5 rings (SSSR count). The van der Waals surface area contributed by atoms with Crippen molar-refractivity contribution < 1.29 is 19.0 Å². The van der Waals surface area contributed by atoms with Gasteiger partial charge in [-0.05, 0) is 36.1 Å². The lowest BCUT2D eigenvalue weighted by atomic mass is 10.0. The lowest BCUT2D eigenvalue weighted by Crippen LogP contribution is -2.39. The quantitative estimate of drug-likeness (QED) is 0.336. The Kier molecular flexibility index (Phi) is 7.07. The van der Waals surface area contributed by atoms with E-state index in [1.807, 2.05) is 60.0 Å². The zero-order valence-corrected chi connectivity index (χ0v) is 22.1. The second-order valence-corrected chi connectivity index (χ2v) is 10.2. The van der Waals surface area contributed by atoms with Crippen molar-refractivity contribution >= 4 is 34.7 Å². The molecule has 37 heavy (non-hydrogen) atoms. The summed E-state index contributed by atoms with van der Waals surface area (Å²) < 4.78 is 18.7. The number of para-hydroxylation sites is 1. The summed E-state index contributed by atoms with van der Waals surface area (Å²) in [5.74, 6) is 0.610. The van der Waals surface area contributed by atoms with Crippen LogP contribution < -0.4 is 24.4 Å². The molecule has 0 amide bonds. The van der Waals surface area contributed by atoms with Crippen LogP contribution in [-0.2, 0) is 16.1 Å². The highest BCUT2D eigenvalue weighted by molar-refractivity contribution is 7.10. The van der Waals surface area contributed by atoms with Crippen LogP contribution in [0.3, 0.4) is 0 Å². The number of hydrogen-bond acceptors (Lipinski definition) is 8. The molecule has 3 heterocycles. The second-order valence-electron chi connectivity index (χ2n) is 8.24. The first-order valence-corrected chi connectivity index (χ1v) is 13.2. The lowest BCUT2D eigenvalue weighted by Gasteiger charge is -2.23. The minimum Gasteiger partial charge on any atom is -0.493 e. The maximum atomic E-state index is 13.8. The number of methoxy groups -OCH3 is 2. The first-order chi connectivity index (χ1) is 18.0. The van der Waals surface area contributed by atoms with E-state index in [-0.39, 0.29) is 12.2 Å². The minimum atomic E-state index is -0.631. The van der Waals surface area contributed by atoms with Crippen molar-refractivity contribution in [2.24, 2.45) is 4.99 Å². The van der Waals surface area contributed by atoms with E-state index in [9.17, 15) is 9.59 Å². The van der Waals surface area contributed by atoms with E-state index in [0.717, 1.165) is 10.4 Å². The Bertz CT molecular complexity index is 1650. The number of hydrogen-bond donors (Lipinski definition) is 0. The number of nitrogens with zero attached hydrogens (tertiary/aromatic N) is 2. The molecule has 1 aliphatic heterocycles. The van der Waals surface area contributed by atoms with Crippen LogP contribution in [0.25, 0.3) is 6.08 Å². The van der Waals surface area contributed by atoms with E-state index < -0.39 is 12.0 Å². The van der Waals surface area contributed by atoms with E-state index in [4.69, 9.17) is 14.2 Å². The number of ether oxygens (including phenoxy) is 3. The number of thiophene rings is 1. The van der Waals surface area contributed by atoms with E-state index >= 15 is 0 Å². The molecule has 0 bridgehead atoms. The largest absolute Gasteiger partial charge is 0.493 e. The fourth-order valence-electron chi connectivity index (χ4n) is 4.27. The summed E-state index contributed by atoms with van der Waals surface area (Å²) in [4.78, 5) is 33.2. The Hall–Kier alpha value is -3.95. The molecule has 0 aliphatic carbocycles. The number of esters is 1. The van der Waals surface area contributed by atoms with Gasteiger partial charge in [0.1, 0.15) is 12.6 Å². The SMILES string of the molecule is COc1cccc(/C=c2/sc3n(c2=O)[C@@H](c2cccs2)C(C(=O)OCc2ccccc2)=C(C)N=3)c1OC. The van der Waals surface area contributed by atoms with Gasteiger partial charge in [0.15, 0.2) is 16.3 Å². The molecule has 0 unspecified atom stereocenters. The van der Waals surface area contributed by atoms with Gasteiger partial charge in [0.2, 0.25) is 0 Å². The Labute approximate surface area is 221 Å². The molecule has 0 fully saturated rings. The van der Waals surface area contributed by atoms with Crippen molar-refractivity contribution in [2.75, 3.05) is 14.2 Å². The van der Waals surface area contributed by atoms with E-state index in [1.165, 1.54) is 22.7 Å². The van der Waals surface area contributed by atoms with Crippen molar-refractivity contribution in [2.45, 2.75) is 19.6 Å². The number of aromatic nitrogens is 1. The average Bonchev–Trinajstić information content (AvgIpc) is 3.55. The van der Waals surface area contributed by atoms with Crippen molar-refractivity contribution in [3.63, 3.8) is 0 Å². The number of rotatable bonds is 7. The van der Waals surface area contributed by atoms with Crippen LogP contribution in [0.4, 0.5) is 0 Å². The van der Waals surface area contributed by atoms with Crippen LogP contribution in [0, 0.1) is 0 Å². The highest BCUT2D eigenvalue weighted by Gasteiger charge is 2.34. The summed E-state index contributed by atoms with van der Waals surface area (Å²) in [6.07, 6.45) is 1.77. The highest BCUT2D eigenvalue weighted by atomic mass is 32.1. The van der Waals surface area contributed by atoms with Crippen molar-refractivity contribution in [1.29, 1.82) is 0 Å². The predicted octanol–water partition coefficient (Wildman–Crippen LogP) is 4.06. The fourth-order valence-corrected chi connectivity index (χ4v) is 6.13. The van der Waals surface area contributed by atoms with Gasteiger partial charge in [-0.1, -0.05) is 59.9 Å². The van der Waals surface area contributed by atoms with E-state index in [2.05, 4.69) is 4.99 Å². The molecule has 0 saturated heterocycles. The van der Waals surface area contributed by atoms with Crippen molar-refractivity contribution in [3.05, 3.63) is 113 Å². The third-order valence-electron chi connectivity index (χ3n) is 5.99. The van der Waals surface area contributed by atoms with Gasteiger partial charge in [-0.2, -0.15) is 0 Å². The first-order valence-electron chi connectivity index (χ1n) is 11.5. The lowest BCUT2D eigenvalue weighted by molar-refractivity contribution is -0.140. The molecule has 7 nitrogen and oxygen atoms in total. The topological polar surface area (TPSA) is 79.1 Å². The molecule has 1 aliphatic rings. The number of carbonyl (C=O) groups excluding carboxylic acids is 1. The Morgan fingerprint density at radius 3 is 2.57 bits per heavy atom. The van der Waals surface area contributed by atoms with Gasteiger partial charge in [0, 0.05) is 10.4 Å². The molecule has 2 aromatic carbocycles. The molecule has 9 heteroatoms. The summed E-state index contributed by atoms with van der Waals surface area (Å²) in [6.45, 7) is 1.91. The molecule has 188 valence electrons. The maximum absolute atomic E-state index is 13.8. The molecular weight excluding hydrogens is 508 g/mol. The molecule has 0 radical (unpaired) electrons. The fraction of sp³-hybridized carbons (Fsp3) is 0.179. The van der Waals surface area contributed by atoms with Crippen LogP contribution >= 0.6 is 22.7 Å². The van der Waals surface area contributed by atoms with Crippen LogP contribution in [0.15, 0.2) is 87.1 Å². The summed E-state index contributed by atoms with van der Waals surface area (Å²) in [6, 6.07) is 18.2. The Morgan fingerprint density at radius 2 is 1.86 bits per heavy atom. The summed E-state index contributed by atoms with van der Waals surface area (Å²) in [5, 5.41) is 1.93. The Morgan fingerprint density at radius 1 is 1.05 bits per heavy atom. The van der Waals surface area contributed by atoms with Gasteiger partial charge in [-0.25, -0.2) is 9.79 Å². The number of allylic oxidation sites excluding steroid dienone is 1. The van der Waals surface area contributed by atoms with E-state index in [1.54, 1.807) is 37.9 Å².